The maximum atomic E-state index is 14.1. The molecule has 1 atom stereocenters. The fourth-order valence-electron chi connectivity index (χ4n) is 4.65. The van der Waals surface area contributed by atoms with E-state index in [0.29, 0.717) is 23.9 Å². The molecule has 0 unspecified atom stereocenters. The topological polar surface area (TPSA) is 118 Å². The molecule has 0 aliphatic carbocycles. The minimum absolute atomic E-state index is 0.0526. The van der Waals surface area contributed by atoms with Gasteiger partial charge in [0.1, 0.15) is 6.67 Å². The maximum Gasteiger partial charge on any atom is 0.419 e. The summed E-state index contributed by atoms with van der Waals surface area (Å²) in [6, 6.07) is 3.80. The Morgan fingerprint density at radius 3 is 2.66 bits per heavy atom. The van der Waals surface area contributed by atoms with Crippen LogP contribution in [0.15, 0.2) is 46.1 Å². The van der Waals surface area contributed by atoms with Gasteiger partial charge in [0.05, 0.1) is 16.2 Å². The number of H-pyrrole nitrogens is 1. The molecule has 9 nitrogen and oxygen atoms in total. The van der Waals surface area contributed by atoms with Gasteiger partial charge >= 0.3 is 12.3 Å². The van der Waals surface area contributed by atoms with Gasteiger partial charge in [-0.2, -0.15) is 13.2 Å². The van der Waals surface area contributed by atoms with Gasteiger partial charge in [0.25, 0.3) is 0 Å². The number of aromatic amines is 1. The lowest BCUT2D eigenvalue weighted by Crippen LogP contribution is -2.57. The Labute approximate surface area is 200 Å². The Bertz CT molecular complexity index is 1330. The first kappa shape index (κ1) is 25.0. The van der Waals surface area contributed by atoms with Gasteiger partial charge in [0.15, 0.2) is 9.84 Å². The summed E-state index contributed by atoms with van der Waals surface area (Å²) < 4.78 is 65.8. The molecule has 0 radical (unpaired) electrons. The van der Waals surface area contributed by atoms with Crippen LogP contribution in [0.1, 0.15) is 25.8 Å². The fourth-order valence-corrected chi connectivity index (χ4v) is 5.29. The fraction of sp³-hybridized carbons (Fsp3) is 0.455. The Hall–Kier alpha value is -3.06. The van der Waals surface area contributed by atoms with E-state index in [1.165, 1.54) is 34.3 Å². The van der Waals surface area contributed by atoms with Crippen molar-refractivity contribution < 1.29 is 31.5 Å². The van der Waals surface area contributed by atoms with Crippen molar-refractivity contribution in [2.45, 2.75) is 37.4 Å². The van der Waals surface area contributed by atoms with Crippen LogP contribution in [0.3, 0.4) is 0 Å². The van der Waals surface area contributed by atoms with Gasteiger partial charge in [-0.1, -0.05) is 19.9 Å². The molecule has 35 heavy (non-hydrogen) atoms. The Morgan fingerprint density at radius 1 is 1.31 bits per heavy atom. The lowest BCUT2D eigenvalue weighted by molar-refractivity contribution is -0.0880. The monoisotopic (exact) mass is 513 g/mol. The van der Waals surface area contributed by atoms with Crippen molar-refractivity contribution in [2.24, 2.45) is 10.4 Å². The van der Waals surface area contributed by atoms with Crippen LogP contribution < -0.4 is 5.43 Å². The summed E-state index contributed by atoms with van der Waals surface area (Å²) in [4.78, 5) is 19.8. The molecule has 190 valence electrons. The number of aromatic nitrogens is 1. The molecule has 2 aliphatic heterocycles. The Kier molecular flexibility index (Phi) is 6.12. The van der Waals surface area contributed by atoms with Crippen molar-refractivity contribution in [1.82, 2.24) is 20.3 Å². The SMILES string of the molecule is CC1(C)C[C@H](NN2C=C(C(F)(F)F)C(c3c[nH]c4cc(S(C)(=O)=O)ccc34)=NC2)CN(C(=O)O)C1. The number of nitrogens with zero attached hydrogens (tertiary/aromatic N) is 3. The summed E-state index contributed by atoms with van der Waals surface area (Å²) in [5.41, 5.74) is 2.02. The van der Waals surface area contributed by atoms with Gasteiger partial charge < -0.3 is 15.0 Å². The van der Waals surface area contributed by atoms with Crippen LogP contribution in [-0.4, -0.2) is 78.5 Å². The third-order valence-corrected chi connectivity index (χ3v) is 7.15. The lowest BCUT2D eigenvalue weighted by Gasteiger charge is -2.43. The van der Waals surface area contributed by atoms with E-state index in [1.807, 2.05) is 13.8 Å². The highest BCUT2D eigenvalue weighted by Gasteiger charge is 2.41. The predicted octanol–water partition coefficient (Wildman–Crippen LogP) is 3.36. The zero-order valence-corrected chi connectivity index (χ0v) is 20.2. The highest BCUT2D eigenvalue weighted by Crippen LogP contribution is 2.34. The summed E-state index contributed by atoms with van der Waals surface area (Å²) in [5, 5.41) is 11.0. The quantitative estimate of drug-likeness (QED) is 0.577. The van der Waals surface area contributed by atoms with Crippen LogP contribution in [0.5, 0.6) is 0 Å². The molecule has 1 fully saturated rings. The number of carbonyl (C=O) groups is 1. The molecule has 0 spiro atoms. The average Bonchev–Trinajstić information content (AvgIpc) is 3.14. The number of hydrogen-bond donors (Lipinski definition) is 3. The predicted molar refractivity (Wildman–Crippen MR) is 124 cm³/mol. The number of rotatable bonds is 4. The zero-order chi connectivity index (χ0) is 25.8. The van der Waals surface area contributed by atoms with Crippen LogP contribution in [0.25, 0.3) is 10.9 Å². The molecule has 1 aromatic heterocycles. The molecule has 1 aromatic carbocycles. The first-order valence-corrected chi connectivity index (χ1v) is 12.7. The van der Waals surface area contributed by atoms with Gasteiger partial charge in [0.2, 0.25) is 0 Å². The number of allylic oxidation sites excluding steroid dienone is 1. The summed E-state index contributed by atoms with van der Waals surface area (Å²) in [7, 11) is -3.48. The first-order chi connectivity index (χ1) is 16.1. The van der Waals surface area contributed by atoms with Crippen LogP contribution >= 0.6 is 0 Å². The van der Waals surface area contributed by atoms with E-state index in [-0.39, 0.29) is 40.8 Å². The van der Waals surface area contributed by atoms with Crippen LogP contribution in [0, 0.1) is 5.41 Å². The van der Waals surface area contributed by atoms with Gasteiger partial charge in [0, 0.05) is 54.3 Å². The molecular formula is C22H26F3N5O4S. The number of benzene rings is 1. The normalized spacial score (nSPS) is 21.1. The number of piperidine rings is 1. The van der Waals surface area contributed by atoms with E-state index in [2.05, 4.69) is 15.4 Å². The Morgan fingerprint density at radius 2 is 2.03 bits per heavy atom. The third kappa shape index (κ3) is 5.30. The molecule has 3 heterocycles. The number of amides is 1. The number of nitrogens with one attached hydrogen (secondary N) is 2. The number of hydrazine groups is 1. The van der Waals surface area contributed by atoms with E-state index in [4.69, 9.17) is 0 Å². The number of hydrogen-bond acceptors (Lipinski definition) is 6. The van der Waals surface area contributed by atoms with Gasteiger partial charge in [-0.05, 0) is 24.0 Å². The molecule has 0 bridgehead atoms. The van der Waals surface area contributed by atoms with Gasteiger partial charge in [-0.3, -0.25) is 10.0 Å². The van der Waals surface area contributed by atoms with E-state index in [9.17, 15) is 31.5 Å². The zero-order valence-electron chi connectivity index (χ0n) is 19.3. The van der Waals surface area contributed by atoms with E-state index in [1.54, 1.807) is 0 Å². The molecule has 2 aliphatic rings. The molecule has 3 N–H and O–H groups in total. The molecule has 1 saturated heterocycles. The second-order valence-corrected chi connectivity index (χ2v) is 11.7. The number of aliphatic imine (C=N–C) groups is 1. The highest BCUT2D eigenvalue weighted by atomic mass is 32.2. The standard InChI is InChI=1S/C22H26F3N5O4S/c1-21(2)7-13(9-29(11-21)20(31)32)28-30-10-17(22(23,24)25)19(27-12-30)16-8-26-18-6-14(35(3,33)34)4-5-15(16)18/h4-6,8,10,13,26,28H,7,9,11-12H2,1-3H3,(H,31,32)/t13-/m0/s1. The molecule has 2 aromatic rings. The van der Waals surface area contributed by atoms with Crippen LogP contribution in [0.2, 0.25) is 0 Å². The number of halogens is 3. The summed E-state index contributed by atoms with van der Waals surface area (Å²) in [6.07, 6.45) is -1.84. The van der Waals surface area contributed by atoms with Crippen molar-refractivity contribution >= 4 is 32.5 Å². The summed E-state index contributed by atoms with van der Waals surface area (Å²) >= 11 is 0. The van der Waals surface area contributed by atoms with Gasteiger partial charge in [-0.25, -0.2) is 18.6 Å². The minimum Gasteiger partial charge on any atom is -0.465 e. The number of carboxylic acid groups (broad SMARTS) is 1. The molecule has 0 saturated carbocycles. The maximum absolute atomic E-state index is 14.1. The number of alkyl halides is 3. The number of fused-ring (bicyclic) bond motifs is 1. The van der Waals surface area contributed by atoms with Crippen molar-refractivity contribution in [3.8, 4) is 0 Å². The van der Waals surface area contributed by atoms with E-state index in [0.717, 1.165) is 12.5 Å². The van der Waals surface area contributed by atoms with Crippen molar-refractivity contribution in [2.75, 3.05) is 26.0 Å². The second kappa shape index (κ2) is 8.55. The molecule has 1 amide bonds. The van der Waals surface area contributed by atoms with Crippen LogP contribution in [0.4, 0.5) is 18.0 Å². The molecule has 13 heteroatoms. The second-order valence-electron chi connectivity index (χ2n) is 9.70. The summed E-state index contributed by atoms with van der Waals surface area (Å²) in [6.45, 7) is 4.19. The van der Waals surface area contributed by atoms with E-state index < -0.39 is 27.7 Å². The van der Waals surface area contributed by atoms with Crippen molar-refractivity contribution in [3.05, 3.63) is 41.7 Å². The smallest absolute Gasteiger partial charge is 0.419 e. The largest absolute Gasteiger partial charge is 0.465 e. The minimum atomic E-state index is -4.71. The first-order valence-electron chi connectivity index (χ1n) is 10.8. The molecule has 4 rings (SSSR count). The third-order valence-electron chi connectivity index (χ3n) is 6.04. The van der Waals surface area contributed by atoms with Gasteiger partial charge in [-0.15, -0.1) is 0 Å². The Balaban J connectivity index is 1.63. The number of sulfone groups is 1. The average molecular weight is 514 g/mol. The van der Waals surface area contributed by atoms with E-state index >= 15 is 0 Å². The summed E-state index contributed by atoms with van der Waals surface area (Å²) in [5.74, 6) is 0. The molecular weight excluding hydrogens is 487 g/mol. The lowest BCUT2D eigenvalue weighted by atomic mass is 9.82. The van der Waals surface area contributed by atoms with Crippen LogP contribution in [-0.2, 0) is 9.84 Å². The van der Waals surface area contributed by atoms with Crippen molar-refractivity contribution in [1.29, 1.82) is 0 Å². The highest BCUT2D eigenvalue weighted by molar-refractivity contribution is 7.90. The number of likely N-dealkylation sites (tertiary alicyclic amines) is 1. The van der Waals surface area contributed by atoms with Crippen molar-refractivity contribution in [3.63, 3.8) is 0 Å².